The highest BCUT2D eigenvalue weighted by Gasteiger charge is 2.02. The van der Waals surface area contributed by atoms with Crippen LogP contribution in [0.1, 0.15) is 90.4 Å². The van der Waals surface area contributed by atoms with E-state index in [0.29, 0.717) is 13.0 Å². The van der Waals surface area contributed by atoms with Crippen molar-refractivity contribution in [2.24, 2.45) is 0 Å². The number of esters is 1. The molecule has 0 fully saturated rings. The molecule has 0 spiro atoms. The Bertz CT molecular complexity index is 344. The molecule has 1 atom stereocenters. The van der Waals surface area contributed by atoms with Crippen molar-refractivity contribution in [3.63, 3.8) is 0 Å². The highest BCUT2D eigenvalue weighted by Crippen LogP contribution is 2.10. The molecule has 0 saturated carbocycles. The fourth-order valence-electron chi connectivity index (χ4n) is 2.81. The molecule has 0 rings (SSSR count). The molecular weight excluding hydrogens is 344 g/mol. The molecule has 0 aromatic rings. The average Bonchev–Trinajstić information content (AvgIpc) is 2.66. The molecule has 0 heterocycles. The van der Waals surface area contributed by atoms with Crippen molar-refractivity contribution in [3.05, 3.63) is 12.2 Å². The first kappa shape index (κ1) is 26.1. The predicted octanol–water partition coefficient (Wildman–Crippen LogP) is 4.55. The quantitative estimate of drug-likeness (QED) is 0.182. The summed E-state index contributed by atoms with van der Waals surface area (Å²) in [5.74, 6) is -0.168. The van der Waals surface area contributed by atoms with Crippen LogP contribution in [0.3, 0.4) is 0 Å². The first-order chi connectivity index (χ1) is 13.2. The van der Waals surface area contributed by atoms with Crippen LogP contribution in [0.4, 0.5) is 0 Å². The number of rotatable bonds is 20. The van der Waals surface area contributed by atoms with Crippen LogP contribution < -0.4 is 0 Å². The van der Waals surface area contributed by atoms with Crippen LogP contribution >= 0.6 is 0 Å². The molecule has 5 nitrogen and oxygen atoms in total. The number of aliphatic hydroxyl groups is 2. The van der Waals surface area contributed by atoms with Crippen molar-refractivity contribution >= 4 is 5.97 Å². The minimum absolute atomic E-state index is 0.00911. The largest absolute Gasteiger partial charge is 0.463 e. The third-order valence-corrected chi connectivity index (χ3v) is 4.44. The minimum atomic E-state index is -0.181. The molecule has 0 aliphatic carbocycles. The van der Waals surface area contributed by atoms with Gasteiger partial charge in [0.2, 0.25) is 0 Å². The molecule has 0 bridgehead atoms. The monoisotopic (exact) mass is 386 g/mol. The van der Waals surface area contributed by atoms with Crippen LogP contribution in [0.25, 0.3) is 0 Å². The van der Waals surface area contributed by atoms with Crippen molar-refractivity contribution in [1.82, 2.24) is 0 Å². The van der Waals surface area contributed by atoms with E-state index >= 15 is 0 Å². The fraction of sp³-hybridized carbons (Fsp3) is 0.864. The Morgan fingerprint density at radius 3 is 2.44 bits per heavy atom. The van der Waals surface area contributed by atoms with Gasteiger partial charge >= 0.3 is 5.97 Å². The summed E-state index contributed by atoms with van der Waals surface area (Å²) in [6, 6.07) is 0. The second-order valence-electron chi connectivity index (χ2n) is 7.07. The smallest absolute Gasteiger partial charge is 0.305 e. The predicted molar refractivity (Wildman–Crippen MR) is 110 cm³/mol. The van der Waals surface area contributed by atoms with Crippen LogP contribution in [-0.4, -0.2) is 48.7 Å². The van der Waals surface area contributed by atoms with Gasteiger partial charge < -0.3 is 19.7 Å². The number of unbranched alkanes of at least 4 members (excludes halogenated alkanes) is 8. The SMILES string of the molecule is CCCCCCC(O)C/C=C/CCCCCCCC(=O)OCCOCCO. The molecular formula is C22H42O5. The number of hydrogen-bond donors (Lipinski definition) is 2. The second kappa shape index (κ2) is 21.4. The maximum Gasteiger partial charge on any atom is 0.305 e. The lowest BCUT2D eigenvalue weighted by molar-refractivity contribution is -0.145. The summed E-state index contributed by atoms with van der Waals surface area (Å²) in [7, 11) is 0. The van der Waals surface area contributed by atoms with E-state index in [1.807, 2.05) is 0 Å². The Kier molecular flexibility index (Phi) is 20.7. The Morgan fingerprint density at radius 2 is 1.67 bits per heavy atom. The third-order valence-electron chi connectivity index (χ3n) is 4.44. The van der Waals surface area contributed by atoms with Crippen molar-refractivity contribution in [2.75, 3.05) is 26.4 Å². The van der Waals surface area contributed by atoms with Gasteiger partial charge in [0.05, 0.1) is 25.9 Å². The number of aliphatic hydroxyl groups excluding tert-OH is 2. The zero-order valence-electron chi connectivity index (χ0n) is 17.4. The molecule has 0 aromatic heterocycles. The maximum absolute atomic E-state index is 11.5. The molecule has 160 valence electrons. The van der Waals surface area contributed by atoms with E-state index in [-0.39, 0.29) is 31.9 Å². The Labute approximate surface area is 166 Å². The molecule has 0 aromatic carbocycles. The van der Waals surface area contributed by atoms with Gasteiger partial charge in [0.15, 0.2) is 0 Å². The molecule has 2 N–H and O–H groups in total. The maximum atomic E-state index is 11.5. The average molecular weight is 387 g/mol. The molecule has 0 saturated heterocycles. The summed E-state index contributed by atoms with van der Waals surface area (Å²) >= 11 is 0. The Morgan fingerprint density at radius 1 is 0.926 bits per heavy atom. The van der Waals surface area contributed by atoms with Crippen molar-refractivity contribution in [3.8, 4) is 0 Å². The summed E-state index contributed by atoms with van der Waals surface area (Å²) in [5.41, 5.74) is 0. The van der Waals surface area contributed by atoms with Crippen LogP contribution in [0, 0.1) is 0 Å². The lowest BCUT2D eigenvalue weighted by atomic mass is 10.1. The first-order valence-corrected chi connectivity index (χ1v) is 10.9. The topological polar surface area (TPSA) is 76.0 Å². The number of carbonyl (C=O) groups excluding carboxylic acids is 1. The number of allylic oxidation sites excluding steroid dienone is 1. The number of hydrogen-bond acceptors (Lipinski definition) is 5. The van der Waals surface area contributed by atoms with Crippen LogP contribution in [0.2, 0.25) is 0 Å². The molecule has 0 aliphatic rings. The lowest BCUT2D eigenvalue weighted by Gasteiger charge is -2.07. The molecule has 0 radical (unpaired) electrons. The fourth-order valence-corrected chi connectivity index (χ4v) is 2.81. The molecule has 5 heteroatoms. The van der Waals surface area contributed by atoms with Gasteiger partial charge in [-0.3, -0.25) is 4.79 Å². The third kappa shape index (κ3) is 21.2. The van der Waals surface area contributed by atoms with Crippen molar-refractivity contribution in [1.29, 1.82) is 0 Å². The zero-order valence-corrected chi connectivity index (χ0v) is 17.4. The summed E-state index contributed by atoms with van der Waals surface area (Å²) in [5, 5.41) is 18.4. The Balaban J connectivity index is 3.30. The van der Waals surface area contributed by atoms with E-state index in [9.17, 15) is 9.90 Å². The van der Waals surface area contributed by atoms with E-state index in [1.165, 1.54) is 25.7 Å². The van der Waals surface area contributed by atoms with Crippen LogP contribution in [-0.2, 0) is 14.3 Å². The second-order valence-corrected chi connectivity index (χ2v) is 7.07. The minimum Gasteiger partial charge on any atom is -0.463 e. The first-order valence-electron chi connectivity index (χ1n) is 10.9. The van der Waals surface area contributed by atoms with Crippen LogP contribution in [0.15, 0.2) is 12.2 Å². The molecule has 0 amide bonds. The summed E-state index contributed by atoms with van der Waals surface area (Å²) in [6.45, 7) is 3.08. The van der Waals surface area contributed by atoms with Gasteiger partial charge in [0, 0.05) is 6.42 Å². The van der Waals surface area contributed by atoms with Gasteiger partial charge in [-0.1, -0.05) is 64.0 Å². The van der Waals surface area contributed by atoms with Gasteiger partial charge in [-0.05, 0) is 32.1 Å². The van der Waals surface area contributed by atoms with Gasteiger partial charge in [-0.2, -0.15) is 0 Å². The van der Waals surface area contributed by atoms with Gasteiger partial charge in [0.25, 0.3) is 0 Å². The molecule has 0 aliphatic heterocycles. The van der Waals surface area contributed by atoms with Crippen LogP contribution in [0.5, 0.6) is 0 Å². The van der Waals surface area contributed by atoms with E-state index in [4.69, 9.17) is 14.6 Å². The summed E-state index contributed by atoms with van der Waals surface area (Å²) < 4.78 is 10.1. The summed E-state index contributed by atoms with van der Waals surface area (Å²) in [6.07, 6.45) is 17.6. The zero-order chi connectivity index (χ0) is 20.0. The Hall–Kier alpha value is -0.910. The van der Waals surface area contributed by atoms with E-state index in [0.717, 1.165) is 51.4 Å². The summed E-state index contributed by atoms with van der Waals surface area (Å²) in [4.78, 5) is 11.5. The van der Waals surface area contributed by atoms with Gasteiger partial charge in [0.1, 0.15) is 6.61 Å². The highest BCUT2D eigenvalue weighted by atomic mass is 16.6. The van der Waals surface area contributed by atoms with Crippen molar-refractivity contribution < 1.29 is 24.5 Å². The number of ether oxygens (including phenoxy) is 2. The van der Waals surface area contributed by atoms with E-state index < -0.39 is 0 Å². The standard InChI is InChI=1S/C22H42O5/c1-2-3-4-11-14-21(24)15-12-9-7-5-6-8-10-13-16-22(25)27-20-19-26-18-17-23/h9,12,21,23-24H,2-8,10-11,13-20H2,1H3/b12-9+. The molecule has 27 heavy (non-hydrogen) atoms. The van der Waals surface area contributed by atoms with Crippen molar-refractivity contribution in [2.45, 2.75) is 96.5 Å². The normalized spacial score (nSPS) is 12.6. The van der Waals surface area contributed by atoms with E-state index in [2.05, 4.69) is 19.1 Å². The lowest BCUT2D eigenvalue weighted by Crippen LogP contribution is -2.11. The highest BCUT2D eigenvalue weighted by molar-refractivity contribution is 5.69. The van der Waals surface area contributed by atoms with Gasteiger partial charge in [-0.15, -0.1) is 0 Å². The molecule has 1 unspecified atom stereocenters. The van der Waals surface area contributed by atoms with E-state index in [1.54, 1.807) is 0 Å². The van der Waals surface area contributed by atoms with Gasteiger partial charge in [-0.25, -0.2) is 0 Å². The number of carbonyl (C=O) groups is 1.